The third-order valence-electron chi connectivity index (χ3n) is 4.28. The highest BCUT2D eigenvalue weighted by Gasteiger charge is 2.35. The number of amides is 2. The van der Waals surface area contributed by atoms with E-state index in [-0.39, 0.29) is 18.5 Å². The van der Waals surface area contributed by atoms with Crippen molar-refractivity contribution in [2.24, 2.45) is 0 Å². The summed E-state index contributed by atoms with van der Waals surface area (Å²) in [6.07, 6.45) is 4.35. The first-order valence-corrected chi connectivity index (χ1v) is 7.43. The van der Waals surface area contributed by atoms with Crippen LogP contribution < -0.4 is 0 Å². The zero-order chi connectivity index (χ0) is 14.7. The maximum atomic E-state index is 12.5. The lowest BCUT2D eigenvalue weighted by atomic mass is 10.2. The van der Waals surface area contributed by atoms with E-state index < -0.39 is 5.97 Å². The summed E-state index contributed by atoms with van der Waals surface area (Å²) in [6, 6.07) is 0.670. The van der Waals surface area contributed by atoms with Crippen molar-refractivity contribution in [2.75, 3.05) is 33.7 Å². The van der Waals surface area contributed by atoms with Gasteiger partial charge in [-0.25, -0.2) is 4.79 Å². The summed E-state index contributed by atoms with van der Waals surface area (Å²) in [4.78, 5) is 29.0. The van der Waals surface area contributed by atoms with Gasteiger partial charge in [-0.1, -0.05) is 0 Å². The zero-order valence-electron chi connectivity index (χ0n) is 12.4. The number of carbonyl (C=O) groups is 2. The summed E-state index contributed by atoms with van der Waals surface area (Å²) in [7, 11) is 3.92. The highest BCUT2D eigenvalue weighted by Crippen LogP contribution is 2.28. The maximum absolute atomic E-state index is 12.5. The summed E-state index contributed by atoms with van der Waals surface area (Å²) < 4.78 is 0. The normalized spacial score (nSPS) is 22.8. The zero-order valence-corrected chi connectivity index (χ0v) is 12.4. The predicted octanol–water partition coefficient (Wildman–Crippen LogP) is 1.07. The Morgan fingerprint density at radius 1 is 1.30 bits per heavy atom. The Bertz CT molecular complexity index is 371. The Labute approximate surface area is 120 Å². The average molecular weight is 283 g/mol. The number of rotatable bonds is 6. The van der Waals surface area contributed by atoms with E-state index in [1.165, 1.54) is 6.42 Å². The average Bonchev–Trinajstić information content (AvgIpc) is 3.14. The van der Waals surface area contributed by atoms with Crippen molar-refractivity contribution in [3.05, 3.63) is 0 Å². The lowest BCUT2D eigenvalue weighted by Gasteiger charge is -2.31. The predicted molar refractivity (Wildman–Crippen MR) is 75.7 cm³/mol. The number of carbonyl (C=O) groups excluding carboxylic acids is 1. The molecule has 0 bridgehead atoms. The fraction of sp³-hybridized carbons (Fsp3) is 0.857. The molecule has 0 spiro atoms. The topological polar surface area (TPSA) is 64.1 Å². The number of hydrogen-bond donors (Lipinski definition) is 1. The van der Waals surface area contributed by atoms with Gasteiger partial charge in [-0.05, 0) is 39.3 Å². The van der Waals surface area contributed by atoms with Gasteiger partial charge in [-0.15, -0.1) is 0 Å². The van der Waals surface area contributed by atoms with Crippen LogP contribution in [0.5, 0.6) is 0 Å². The molecule has 0 aromatic heterocycles. The van der Waals surface area contributed by atoms with Crippen LogP contribution in [0.15, 0.2) is 0 Å². The SMILES string of the molecule is CN(CC1CCCN1C)C(=O)N(CCC(=O)O)C1CC1. The van der Waals surface area contributed by atoms with Gasteiger partial charge in [0.2, 0.25) is 0 Å². The van der Waals surface area contributed by atoms with Crippen molar-refractivity contribution in [3.63, 3.8) is 0 Å². The molecular weight excluding hydrogens is 258 g/mol. The summed E-state index contributed by atoms with van der Waals surface area (Å²) in [5, 5.41) is 8.79. The Kier molecular flexibility index (Phi) is 4.86. The van der Waals surface area contributed by atoms with Gasteiger partial charge >= 0.3 is 12.0 Å². The third-order valence-corrected chi connectivity index (χ3v) is 4.28. The number of likely N-dealkylation sites (N-methyl/N-ethyl adjacent to an activating group) is 2. The molecule has 20 heavy (non-hydrogen) atoms. The smallest absolute Gasteiger partial charge is 0.320 e. The molecule has 114 valence electrons. The molecule has 1 heterocycles. The number of nitrogens with zero attached hydrogens (tertiary/aromatic N) is 3. The van der Waals surface area contributed by atoms with Crippen LogP contribution in [0.1, 0.15) is 32.1 Å². The van der Waals surface area contributed by atoms with Crippen molar-refractivity contribution in [3.8, 4) is 0 Å². The Balaban J connectivity index is 1.87. The standard InChI is InChI=1S/C14H25N3O3/c1-15-8-3-4-12(15)10-16(2)14(20)17(11-5-6-11)9-7-13(18)19/h11-12H,3-10H2,1-2H3,(H,18,19). The molecule has 2 amide bonds. The molecule has 2 rings (SSSR count). The molecule has 1 saturated carbocycles. The lowest BCUT2D eigenvalue weighted by molar-refractivity contribution is -0.137. The summed E-state index contributed by atoms with van der Waals surface area (Å²) in [5.41, 5.74) is 0. The second-order valence-corrected chi connectivity index (χ2v) is 6.01. The minimum atomic E-state index is -0.846. The fourth-order valence-electron chi connectivity index (χ4n) is 2.86. The van der Waals surface area contributed by atoms with E-state index in [1.54, 1.807) is 9.80 Å². The molecular formula is C14H25N3O3. The first-order valence-electron chi connectivity index (χ1n) is 7.43. The molecule has 2 fully saturated rings. The largest absolute Gasteiger partial charge is 0.481 e. The van der Waals surface area contributed by atoms with Crippen LogP contribution in [0.2, 0.25) is 0 Å². The van der Waals surface area contributed by atoms with Crippen molar-refractivity contribution in [1.29, 1.82) is 0 Å². The van der Waals surface area contributed by atoms with Crippen LogP contribution in [0.25, 0.3) is 0 Å². The Morgan fingerprint density at radius 2 is 2.00 bits per heavy atom. The van der Waals surface area contributed by atoms with Gasteiger partial charge in [0.25, 0.3) is 0 Å². The molecule has 6 heteroatoms. The third kappa shape index (κ3) is 3.85. The molecule has 6 nitrogen and oxygen atoms in total. The molecule has 0 radical (unpaired) electrons. The molecule has 1 aliphatic carbocycles. The van der Waals surface area contributed by atoms with Gasteiger partial charge in [0.15, 0.2) is 0 Å². The fourth-order valence-corrected chi connectivity index (χ4v) is 2.86. The quantitative estimate of drug-likeness (QED) is 0.792. The van der Waals surface area contributed by atoms with E-state index in [0.717, 1.165) is 32.4 Å². The van der Waals surface area contributed by atoms with Crippen molar-refractivity contribution in [2.45, 2.75) is 44.2 Å². The number of carboxylic acids is 1. The molecule has 0 aromatic rings. The first kappa shape index (κ1) is 15.1. The summed E-state index contributed by atoms with van der Waals surface area (Å²) >= 11 is 0. The first-order chi connectivity index (χ1) is 9.49. The van der Waals surface area contributed by atoms with E-state index in [0.29, 0.717) is 12.6 Å². The van der Waals surface area contributed by atoms with Crippen LogP contribution in [0.3, 0.4) is 0 Å². The Hall–Kier alpha value is -1.30. The molecule has 2 aliphatic rings. The maximum Gasteiger partial charge on any atom is 0.320 e. The van der Waals surface area contributed by atoms with Crippen molar-refractivity contribution in [1.82, 2.24) is 14.7 Å². The van der Waals surface area contributed by atoms with Crippen LogP contribution in [0.4, 0.5) is 4.79 Å². The summed E-state index contributed by atoms with van der Waals surface area (Å²) in [5.74, 6) is -0.846. The Morgan fingerprint density at radius 3 is 2.50 bits per heavy atom. The minimum Gasteiger partial charge on any atom is -0.481 e. The number of likely N-dealkylation sites (tertiary alicyclic amines) is 1. The molecule has 1 aliphatic heterocycles. The minimum absolute atomic E-state index is 0.0194. The van der Waals surface area contributed by atoms with Gasteiger partial charge in [-0.2, -0.15) is 0 Å². The van der Waals surface area contributed by atoms with Gasteiger partial charge in [0.05, 0.1) is 6.42 Å². The van der Waals surface area contributed by atoms with Crippen molar-refractivity contribution < 1.29 is 14.7 Å². The van der Waals surface area contributed by atoms with Gasteiger partial charge in [0, 0.05) is 32.2 Å². The second kappa shape index (κ2) is 6.43. The van der Waals surface area contributed by atoms with Gasteiger partial charge in [-0.3, -0.25) is 4.79 Å². The second-order valence-electron chi connectivity index (χ2n) is 6.01. The molecule has 0 aromatic carbocycles. The number of urea groups is 1. The van der Waals surface area contributed by atoms with Crippen LogP contribution >= 0.6 is 0 Å². The molecule has 1 saturated heterocycles. The van der Waals surface area contributed by atoms with E-state index in [4.69, 9.17) is 5.11 Å². The van der Waals surface area contributed by atoms with E-state index in [2.05, 4.69) is 11.9 Å². The monoisotopic (exact) mass is 283 g/mol. The number of carboxylic acid groups (broad SMARTS) is 1. The highest BCUT2D eigenvalue weighted by atomic mass is 16.4. The van der Waals surface area contributed by atoms with Gasteiger partial charge < -0.3 is 19.8 Å². The molecule has 1 atom stereocenters. The van der Waals surface area contributed by atoms with Crippen LogP contribution in [-0.2, 0) is 4.79 Å². The van der Waals surface area contributed by atoms with E-state index >= 15 is 0 Å². The van der Waals surface area contributed by atoms with Gasteiger partial charge in [0.1, 0.15) is 0 Å². The van der Waals surface area contributed by atoms with E-state index in [1.807, 2.05) is 7.05 Å². The number of aliphatic carboxylic acids is 1. The summed E-state index contributed by atoms with van der Waals surface area (Å²) in [6.45, 7) is 2.15. The van der Waals surface area contributed by atoms with E-state index in [9.17, 15) is 9.59 Å². The van der Waals surface area contributed by atoms with Crippen molar-refractivity contribution >= 4 is 12.0 Å². The van der Waals surface area contributed by atoms with Crippen LogP contribution in [-0.4, -0.2) is 77.6 Å². The molecule has 1 unspecified atom stereocenters. The number of hydrogen-bond acceptors (Lipinski definition) is 3. The highest BCUT2D eigenvalue weighted by molar-refractivity contribution is 5.76. The lowest BCUT2D eigenvalue weighted by Crippen LogP contribution is -2.47. The van der Waals surface area contributed by atoms with Crippen LogP contribution in [0, 0.1) is 0 Å². The molecule has 1 N–H and O–H groups in total.